The lowest BCUT2D eigenvalue weighted by Crippen LogP contribution is -2.23. The van der Waals surface area contributed by atoms with E-state index in [-0.39, 0.29) is 13.2 Å². The molecule has 0 aliphatic carbocycles. The maximum Gasteiger partial charge on any atom is 0.124 e. The molecule has 104 valence electrons. The van der Waals surface area contributed by atoms with Gasteiger partial charge in [-0.3, -0.25) is 4.90 Å². The number of hydrogen-bond donors (Lipinski definition) is 2. The molecule has 0 atom stereocenters. The number of likely N-dealkylation sites (N-methyl/N-ethyl adjacent to an activating group) is 1. The van der Waals surface area contributed by atoms with Gasteiger partial charge in [0.15, 0.2) is 0 Å². The van der Waals surface area contributed by atoms with E-state index in [0.717, 1.165) is 29.8 Å². The van der Waals surface area contributed by atoms with Crippen molar-refractivity contribution in [3.05, 3.63) is 30.1 Å². The Kier molecular flexibility index (Phi) is 4.90. The van der Waals surface area contributed by atoms with Crippen LogP contribution in [0.5, 0.6) is 0 Å². The maximum atomic E-state index is 9.02. The van der Waals surface area contributed by atoms with E-state index < -0.39 is 0 Å². The Morgan fingerprint density at radius 2 is 2.00 bits per heavy atom. The zero-order chi connectivity index (χ0) is 13.7. The molecule has 0 unspecified atom stereocenters. The lowest BCUT2D eigenvalue weighted by atomic mass is 10.3. The van der Waals surface area contributed by atoms with Crippen molar-refractivity contribution in [3.8, 4) is 0 Å². The van der Waals surface area contributed by atoms with E-state index in [1.54, 1.807) is 0 Å². The average Bonchev–Trinajstić information content (AvgIpc) is 2.74. The van der Waals surface area contributed by atoms with Crippen molar-refractivity contribution in [2.24, 2.45) is 0 Å². The van der Waals surface area contributed by atoms with Crippen molar-refractivity contribution in [3.63, 3.8) is 0 Å². The molecule has 0 saturated heterocycles. The number of rotatable bonds is 7. The van der Waals surface area contributed by atoms with Crippen molar-refractivity contribution < 1.29 is 10.2 Å². The highest BCUT2D eigenvalue weighted by Crippen LogP contribution is 2.17. The fourth-order valence-electron chi connectivity index (χ4n) is 2.22. The Morgan fingerprint density at radius 3 is 2.74 bits per heavy atom. The van der Waals surface area contributed by atoms with Crippen LogP contribution in [0.4, 0.5) is 0 Å². The predicted octanol–water partition coefficient (Wildman–Crippen LogP) is 0.843. The number of aromatic nitrogens is 2. The molecule has 0 aliphatic rings. The maximum absolute atomic E-state index is 9.02. The van der Waals surface area contributed by atoms with Crippen LogP contribution in [0.25, 0.3) is 11.0 Å². The van der Waals surface area contributed by atoms with Gasteiger partial charge in [0.25, 0.3) is 0 Å². The van der Waals surface area contributed by atoms with Crippen molar-refractivity contribution in [2.45, 2.75) is 19.5 Å². The van der Waals surface area contributed by atoms with Gasteiger partial charge in [-0.15, -0.1) is 0 Å². The summed E-state index contributed by atoms with van der Waals surface area (Å²) in [6, 6.07) is 8.03. The molecule has 0 saturated carbocycles. The number of nitrogens with zero attached hydrogens (tertiary/aromatic N) is 3. The van der Waals surface area contributed by atoms with E-state index >= 15 is 0 Å². The van der Waals surface area contributed by atoms with Gasteiger partial charge in [0.05, 0.1) is 24.2 Å². The summed E-state index contributed by atoms with van der Waals surface area (Å²) in [6.45, 7) is 2.41. The summed E-state index contributed by atoms with van der Waals surface area (Å²) in [4.78, 5) is 6.68. The largest absolute Gasteiger partial charge is 0.396 e. The van der Waals surface area contributed by atoms with Crippen LogP contribution < -0.4 is 0 Å². The molecule has 0 spiro atoms. The fraction of sp³-hybridized carbons (Fsp3) is 0.500. The number of hydrogen-bond acceptors (Lipinski definition) is 4. The summed E-state index contributed by atoms with van der Waals surface area (Å²) in [5, 5.41) is 18.0. The van der Waals surface area contributed by atoms with Gasteiger partial charge in [0.2, 0.25) is 0 Å². The van der Waals surface area contributed by atoms with E-state index in [1.165, 1.54) is 0 Å². The van der Waals surface area contributed by atoms with Crippen molar-refractivity contribution in [1.29, 1.82) is 0 Å². The van der Waals surface area contributed by atoms with E-state index in [4.69, 9.17) is 10.2 Å². The fourth-order valence-corrected chi connectivity index (χ4v) is 2.22. The highest BCUT2D eigenvalue weighted by Gasteiger charge is 2.11. The van der Waals surface area contributed by atoms with Crippen molar-refractivity contribution in [2.75, 3.05) is 26.8 Å². The summed E-state index contributed by atoms with van der Waals surface area (Å²) in [7, 11) is 1.96. The van der Waals surface area contributed by atoms with Crippen LogP contribution in [-0.2, 0) is 13.1 Å². The van der Waals surface area contributed by atoms with Crippen LogP contribution >= 0.6 is 0 Å². The first-order valence-electron chi connectivity index (χ1n) is 6.60. The van der Waals surface area contributed by atoms with Gasteiger partial charge in [-0.1, -0.05) is 12.1 Å². The Bertz CT molecular complexity index is 524. The lowest BCUT2D eigenvalue weighted by molar-refractivity contribution is 0.212. The van der Waals surface area contributed by atoms with Gasteiger partial charge in [-0.05, 0) is 25.6 Å². The van der Waals surface area contributed by atoms with E-state index in [1.807, 2.05) is 30.1 Å². The summed E-state index contributed by atoms with van der Waals surface area (Å²) in [6.07, 6.45) is 0.719. The molecule has 1 aromatic heterocycles. The zero-order valence-electron chi connectivity index (χ0n) is 11.3. The molecule has 1 heterocycles. The molecule has 2 aromatic rings. The molecule has 1 aromatic carbocycles. The first-order chi connectivity index (χ1) is 9.26. The topological polar surface area (TPSA) is 61.5 Å². The number of aliphatic hydroxyl groups excluding tert-OH is 2. The third kappa shape index (κ3) is 3.32. The molecule has 5 heteroatoms. The van der Waals surface area contributed by atoms with Gasteiger partial charge < -0.3 is 14.8 Å². The molecular formula is C14H21N3O2. The summed E-state index contributed by atoms with van der Waals surface area (Å²) in [5.74, 6) is 0.977. The molecule has 0 aliphatic heterocycles. The molecule has 0 bridgehead atoms. The first kappa shape index (κ1) is 14.0. The highest BCUT2D eigenvalue weighted by atomic mass is 16.3. The van der Waals surface area contributed by atoms with Crippen LogP contribution in [0, 0.1) is 0 Å². The van der Waals surface area contributed by atoms with Gasteiger partial charge in [-0.2, -0.15) is 0 Å². The van der Waals surface area contributed by atoms with Crippen LogP contribution in [0.15, 0.2) is 24.3 Å². The Labute approximate surface area is 113 Å². The molecule has 2 rings (SSSR count). The highest BCUT2D eigenvalue weighted by molar-refractivity contribution is 5.75. The summed E-state index contributed by atoms with van der Waals surface area (Å²) in [5.41, 5.74) is 2.08. The Balaban J connectivity index is 2.29. The molecule has 5 nitrogen and oxygen atoms in total. The lowest BCUT2D eigenvalue weighted by Gasteiger charge is -2.16. The number of benzene rings is 1. The van der Waals surface area contributed by atoms with Crippen LogP contribution in [-0.4, -0.2) is 51.5 Å². The normalized spacial score (nSPS) is 11.6. The molecule has 0 fully saturated rings. The van der Waals surface area contributed by atoms with Crippen LogP contribution in [0.2, 0.25) is 0 Å². The van der Waals surface area contributed by atoms with E-state index in [2.05, 4.69) is 15.6 Å². The van der Waals surface area contributed by atoms with Gasteiger partial charge in [-0.25, -0.2) is 4.98 Å². The number of para-hydroxylation sites is 2. The van der Waals surface area contributed by atoms with Crippen LogP contribution in [0.1, 0.15) is 12.2 Å². The Hall–Kier alpha value is -1.43. The van der Waals surface area contributed by atoms with Gasteiger partial charge in [0.1, 0.15) is 5.82 Å². The van der Waals surface area contributed by atoms with Gasteiger partial charge >= 0.3 is 0 Å². The second-order valence-corrected chi connectivity index (χ2v) is 4.71. The number of imidazole rings is 1. The Morgan fingerprint density at radius 1 is 1.21 bits per heavy atom. The van der Waals surface area contributed by atoms with Crippen LogP contribution in [0.3, 0.4) is 0 Å². The average molecular weight is 263 g/mol. The van der Waals surface area contributed by atoms with E-state index in [0.29, 0.717) is 13.1 Å². The molecule has 0 amide bonds. The minimum atomic E-state index is 0.146. The third-order valence-corrected chi connectivity index (χ3v) is 3.17. The summed E-state index contributed by atoms with van der Waals surface area (Å²) >= 11 is 0. The number of aryl methyl sites for hydroxylation is 1. The van der Waals surface area contributed by atoms with Crippen molar-refractivity contribution in [1.82, 2.24) is 14.5 Å². The van der Waals surface area contributed by atoms with E-state index in [9.17, 15) is 0 Å². The minimum absolute atomic E-state index is 0.146. The number of fused-ring (bicyclic) bond motifs is 1. The zero-order valence-corrected chi connectivity index (χ0v) is 11.3. The third-order valence-electron chi connectivity index (χ3n) is 3.17. The smallest absolute Gasteiger partial charge is 0.124 e. The van der Waals surface area contributed by atoms with Crippen molar-refractivity contribution >= 4 is 11.0 Å². The molecule has 19 heavy (non-hydrogen) atoms. The quantitative estimate of drug-likeness (QED) is 0.777. The predicted molar refractivity (Wildman–Crippen MR) is 74.9 cm³/mol. The summed E-state index contributed by atoms with van der Waals surface area (Å²) < 4.78 is 2.15. The SMILES string of the molecule is CN(CCO)Cc1nc2ccccc2n1CCCO. The number of aliphatic hydroxyl groups is 2. The molecule has 2 N–H and O–H groups in total. The molecule has 0 radical (unpaired) electrons. The first-order valence-corrected chi connectivity index (χ1v) is 6.60. The minimum Gasteiger partial charge on any atom is -0.396 e. The monoisotopic (exact) mass is 263 g/mol. The second kappa shape index (κ2) is 6.65. The second-order valence-electron chi connectivity index (χ2n) is 4.71. The van der Waals surface area contributed by atoms with Gasteiger partial charge in [0, 0.05) is 19.7 Å². The molecular weight excluding hydrogens is 242 g/mol. The standard InChI is InChI=1S/C14H21N3O2/c1-16(8-10-19)11-14-15-12-5-2-3-6-13(12)17(14)7-4-9-18/h2-3,5-6,18-19H,4,7-11H2,1H3.